The lowest BCUT2D eigenvalue weighted by atomic mass is 10.0. The van der Waals surface area contributed by atoms with Crippen molar-refractivity contribution in [1.82, 2.24) is 15.4 Å². The van der Waals surface area contributed by atoms with Gasteiger partial charge in [0.15, 0.2) is 0 Å². The van der Waals surface area contributed by atoms with Gasteiger partial charge in [-0.25, -0.2) is 0 Å². The van der Waals surface area contributed by atoms with Crippen molar-refractivity contribution in [2.24, 2.45) is 0 Å². The summed E-state index contributed by atoms with van der Waals surface area (Å²) in [5.74, 6) is 0. The van der Waals surface area contributed by atoms with Crippen molar-refractivity contribution in [3.63, 3.8) is 0 Å². The molecule has 0 amide bonds. The molecule has 0 saturated carbocycles. The van der Waals surface area contributed by atoms with E-state index in [1.54, 1.807) is 12.1 Å². The molecular weight excluding hydrogens is 346 g/mol. The minimum Gasteiger partial charge on any atom is -0.282 e. The fourth-order valence-electron chi connectivity index (χ4n) is 2.26. The van der Waals surface area contributed by atoms with Gasteiger partial charge in [-0.3, -0.25) is 14.2 Å². The van der Waals surface area contributed by atoms with Gasteiger partial charge >= 0.3 is 0 Å². The molecule has 0 bridgehead atoms. The first kappa shape index (κ1) is 15.6. The predicted molar refractivity (Wildman–Crippen MR) is 79.0 cm³/mol. The van der Waals surface area contributed by atoms with Crippen molar-refractivity contribution in [3.8, 4) is 11.3 Å². The fraction of sp³-hybridized carbons (Fsp3) is 0. The zero-order valence-electron chi connectivity index (χ0n) is 11.2. The molecule has 0 fully saturated rings. The molecule has 2 aromatic carbocycles. The van der Waals surface area contributed by atoms with E-state index in [-0.39, 0.29) is 10.8 Å². The normalized spacial score (nSPS) is 12.6. The lowest BCUT2D eigenvalue weighted by Gasteiger charge is -2.10. The Morgan fingerprint density at radius 1 is 1.00 bits per heavy atom. The molecule has 120 valence electrons. The van der Waals surface area contributed by atoms with Crippen LogP contribution in [0.5, 0.6) is 0 Å². The van der Waals surface area contributed by atoms with Crippen LogP contribution in [0, 0.1) is 0 Å². The average molecular weight is 355 g/mol. The molecule has 0 aliphatic rings. The monoisotopic (exact) mass is 355 g/mol. The maximum Gasteiger partial charge on any atom is 0.295 e. The highest BCUT2D eigenvalue weighted by Gasteiger charge is 2.23. The third-order valence-corrected chi connectivity index (χ3v) is 4.89. The molecule has 0 radical (unpaired) electrons. The highest BCUT2D eigenvalue weighted by atomic mass is 32.2. The van der Waals surface area contributed by atoms with Gasteiger partial charge in [-0.2, -0.15) is 16.8 Å². The summed E-state index contributed by atoms with van der Waals surface area (Å²) in [7, 11) is -9.41. The van der Waals surface area contributed by atoms with Crippen LogP contribution in [0.15, 0.2) is 46.3 Å². The second-order valence-electron chi connectivity index (χ2n) is 4.63. The van der Waals surface area contributed by atoms with E-state index in [1.807, 2.05) is 0 Å². The van der Waals surface area contributed by atoms with Crippen molar-refractivity contribution < 1.29 is 25.9 Å². The lowest BCUT2D eigenvalue weighted by Crippen LogP contribution is -2.05. The summed E-state index contributed by atoms with van der Waals surface area (Å²) in [6, 6.07) is 6.33. The molecule has 0 spiro atoms. The van der Waals surface area contributed by atoms with Gasteiger partial charge in [-0.15, -0.1) is 5.10 Å². The van der Waals surface area contributed by atoms with Gasteiger partial charge in [0.2, 0.25) is 0 Å². The van der Waals surface area contributed by atoms with Gasteiger partial charge in [-0.1, -0.05) is 23.4 Å². The van der Waals surface area contributed by atoms with E-state index in [0.29, 0.717) is 17.3 Å². The number of aromatic amines is 1. The van der Waals surface area contributed by atoms with Crippen LogP contribution in [0.1, 0.15) is 0 Å². The van der Waals surface area contributed by atoms with E-state index in [2.05, 4.69) is 15.4 Å². The quantitative estimate of drug-likeness (QED) is 0.591. The van der Waals surface area contributed by atoms with Crippen LogP contribution in [-0.2, 0) is 20.2 Å². The third-order valence-electron chi connectivity index (χ3n) is 3.18. The number of nitrogens with zero attached hydrogens (tertiary/aromatic N) is 2. The van der Waals surface area contributed by atoms with Gasteiger partial charge in [-0.05, 0) is 17.5 Å². The number of fused-ring (bicyclic) bond motifs is 1. The Hall–Kier alpha value is -2.34. The first-order valence-corrected chi connectivity index (χ1v) is 8.94. The number of hydrogen-bond acceptors (Lipinski definition) is 6. The number of rotatable bonds is 3. The smallest absolute Gasteiger partial charge is 0.282 e. The Morgan fingerprint density at radius 3 is 2.30 bits per heavy atom. The Bertz CT molecular complexity index is 1110. The molecule has 0 aliphatic heterocycles. The zero-order valence-corrected chi connectivity index (χ0v) is 12.8. The third kappa shape index (κ3) is 2.82. The summed E-state index contributed by atoms with van der Waals surface area (Å²) in [5.41, 5.74) is 0.630. The molecule has 1 heterocycles. The topological polar surface area (TPSA) is 150 Å². The second kappa shape index (κ2) is 5.09. The number of nitrogens with one attached hydrogen (secondary N) is 1. The van der Waals surface area contributed by atoms with Crippen LogP contribution >= 0.6 is 0 Å². The summed E-state index contributed by atoms with van der Waals surface area (Å²) < 4.78 is 64.6. The Labute approximate surface area is 130 Å². The molecule has 3 aromatic rings. The molecule has 11 heteroatoms. The van der Waals surface area contributed by atoms with Crippen molar-refractivity contribution >= 4 is 31.0 Å². The van der Waals surface area contributed by atoms with Crippen LogP contribution in [0.25, 0.3) is 22.0 Å². The molecular formula is C12H9N3O6S2. The number of aromatic nitrogens is 3. The summed E-state index contributed by atoms with van der Waals surface area (Å²) in [4.78, 5) is -1.30. The SMILES string of the molecule is O=S(=O)(O)c1cc(S(=O)(=O)O)c2c(-c3c[nH]nn3)cccc2c1. The fourth-order valence-corrected chi connectivity index (χ4v) is 3.64. The molecule has 0 unspecified atom stereocenters. The first-order valence-electron chi connectivity index (χ1n) is 6.06. The van der Waals surface area contributed by atoms with Gasteiger partial charge in [0.25, 0.3) is 20.2 Å². The molecule has 23 heavy (non-hydrogen) atoms. The lowest BCUT2D eigenvalue weighted by molar-refractivity contribution is 0.482. The molecule has 9 nitrogen and oxygen atoms in total. The van der Waals surface area contributed by atoms with E-state index >= 15 is 0 Å². The predicted octanol–water partition coefficient (Wildman–Crippen LogP) is 1.12. The highest BCUT2D eigenvalue weighted by Crippen LogP contribution is 2.34. The molecule has 0 aliphatic carbocycles. The first-order chi connectivity index (χ1) is 10.7. The van der Waals surface area contributed by atoms with E-state index < -0.39 is 30.0 Å². The number of hydrogen-bond donors (Lipinski definition) is 3. The van der Waals surface area contributed by atoms with Gasteiger partial charge in [0.05, 0.1) is 11.1 Å². The van der Waals surface area contributed by atoms with E-state index in [4.69, 9.17) is 4.55 Å². The average Bonchev–Trinajstić information content (AvgIpc) is 2.97. The molecule has 0 atom stereocenters. The van der Waals surface area contributed by atoms with Crippen molar-refractivity contribution in [2.75, 3.05) is 0 Å². The van der Waals surface area contributed by atoms with Gasteiger partial charge < -0.3 is 0 Å². The van der Waals surface area contributed by atoms with E-state index in [1.165, 1.54) is 12.3 Å². The minimum absolute atomic E-state index is 0.0660. The summed E-state index contributed by atoms with van der Waals surface area (Å²) in [5, 5.41) is 10.0. The number of benzene rings is 2. The summed E-state index contributed by atoms with van der Waals surface area (Å²) in [6.07, 6.45) is 1.42. The largest absolute Gasteiger partial charge is 0.295 e. The maximum absolute atomic E-state index is 11.7. The van der Waals surface area contributed by atoms with E-state index in [9.17, 15) is 21.4 Å². The Morgan fingerprint density at radius 2 is 1.74 bits per heavy atom. The minimum atomic E-state index is -4.76. The Balaban J connectivity index is 2.52. The van der Waals surface area contributed by atoms with Crippen molar-refractivity contribution in [2.45, 2.75) is 9.79 Å². The highest BCUT2D eigenvalue weighted by molar-refractivity contribution is 7.86. The van der Waals surface area contributed by atoms with Crippen LogP contribution in [0.2, 0.25) is 0 Å². The van der Waals surface area contributed by atoms with Crippen LogP contribution in [0.4, 0.5) is 0 Å². The maximum atomic E-state index is 11.7. The summed E-state index contributed by atoms with van der Waals surface area (Å²) in [6.45, 7) is 0. The molecule has 3 rings (SSSR count). The van der Waals surface area contributed by atoms with Crippen LogP contribution in [-0.4, -0.2) is 41.4 Å². The summed E-state index contributed by atoms with van der Waals surface area (Å²) >= 11 is 0. The van der Waals surface area contributed by atoms with Crippen LogP contribution in [0.3, 0.4) is 0 Å². The molecule has 3 N–H and O–H groups in total. The van der Waals surface area contributed by atoms with Gasteiger partial charge in [0, 0.05) is 10.9 Å². The molecule has 0 saturated heterocycles. The second-order valence-corrected chi connectivity index (χ2v) is 7.45. The van der Waals surface area contributed by atoms with Crippen molar-refractivity contribution in [1.29, 1.82) is 0 Å². The zero-order chi connectivity index (χ0) is 16.8. The molecule has 1 aromatic heterocycles. The van der Waals surface area contributed by atoms with Gasteiger partial charge in [0.1, 0.15) is 10.6 Å². The number of H-pyrrole nitrogens is 1. The van der Waals surface area contributed by atoms with Crippen molar-refractivity contribution in [3.05, 3.63) is 36.5 Å². The van der Waals surface area contributed by atoms with E-state index in [0.717, 1.165) is 6.07 Å². The Kier molecular flexibility index (Phi) is 3.44. The van der Waals surface area contributed by atoms with Crippen LogP contribution < -0.4 is 0 Å². The standard InChI is InChI=1S/C12H9N3O6S2/c16-22(17,18)8-4-7-2-1-3-9(10-6-13-15-14-10)12(7)11(5-8)23(19,20)21/h1-6H,(H,13,14,15)(H,16,17,18)(H,19,20,21).